The van der Waals surface area contributed by atoms with Crippen molar-refractivity contribution in [1.82, 2.24) is 4.90 Å². The van der Waals surface area contributed by atoms with Crippen molar-refractivity contribution in [3.8, 4) is 0 Å². The minimum atomic E-state index is 0.423. The van der Waals surface area contributed by atoms with Gasteiger partial charge in [0.25, 0.3) is 0 Å². The maximum atomic E-state index is 8.85. The van der Waals surface area contributed by atoms with Crippen LogP contribution in [0.15, 0.2) is 0 Å². The molecule has 2 rings (SSSR count). The highest BCUT2D eigenvalue weighted by Crippen LogP contribution is 2.50. The SMILES string of the molecule is CCN1CC2C(CO)C2C1. The second kappa shape index (κ2) is 2.21. The Bertz CT molecular complexity index is 123. The summed E-state index contributed by atoms with van der Waals surface area (Å²) in [4.78, 5) is 2.47. The van der Waals surface area contributed by atoms with E-state index in [2.05, 4.69) is 11.8 Å². The number of rotatable bonds is 2. The molecular weight excluding hydrogens is 126 g/mol. The first-order chi connectivity index (χ1) is 4.86. The van der Waals surface area contributed by atoms with Gasteiger partial charge in [-0.1, -0.05) is 6.92 Å². The molecule has 2 fully saturated rings. The molecule has 0 aromatic carbocycles. The maximum absolute atomic E-state index is 8.85. The summed E-state index contributed by atoms with van der Waals surface area (Å²) in [5.74, 6) is 2.37. The summed E-state index contributed by atoms with van der Waals surface area (Å²) in [6, 6.07) is 0. The van der Waals surface area contributed by atoms with Gasteiger partial charge in [0.15, 0.2) is 0 Å². The monoisotopic (exact) mass is 141 g/mol. The lowest BCUT2D eigenvalue weighted by molar-refractivity contribution is 0.225. The number of aliphatic hydroxyl groups is 1. The van der Waals surface area contributed by atoms with E-state index < -0.39 is 0 Å². The van der Waals surface area contributed by atoms with Crippen LogP contribution >= 0.6 is 0 Å². The maximum Gasteiger partial charge on any atom is 0.0465 e. The molecule has 58 valence electrons. The standard InChI is InChI=1S/C8H15NO/c1-2-9-3-6-7(4-9)8(6)5-10/h6-8,10H,2-5H2,1H3. The Hall–Kier alpha value is -0.0800. The van der Waals surface area contributed by atoms with Crippen LogP contribution in [0.2, 0.25) is 0 Å². The van der Waals surface area contributed by atoms with Crippen LogP contribution in [0.5, 0.6) is 0 Å². The average molecular weight is 141 g/mol. The molecule has 10 heavy (non-hydrogen) atoms. The van der Waals surface area contributed by atoms with Crippen LogP contribution in [0.3, 0.4) is 0 Å². The third-order valence-corrected chi connectivity index (χ3v) is 3.11. The van der Waals surface area contributed by atoms with Crippen LogP contribution in [0.4, 0.5) is 0 Å². The first kappa shape index (κ1) is 6.62. The molecular formula is C8H15NO. The minimum absolute atomic E-state index is 0.423. The van der Waals surface area contributed by atoms with E-state index in [4.69, 9.17) is 5.11 Å². The summed E-state index contributed by atoms with van der Waals surface area (Å²) >= 11 is 0. The van der Waals surface area contributed by atoms with Crippen LogP contribution in [0.25, 0.3) is 0 Å². The minimum Gasteiger partial charge on any atom is -0.396 e. The predicted octanol–water partition coefficient (Wildman–Crippen LogP) is 0.176. The van der Waals surface area contributed by atoms with Crippen molar-refractivity contribution in [1.29, 1.82) is 0 Å². The van der Waals surface area contributed by atoms with Crippen LogP contribution in [-0.2, 0) is 0 Å². The molecule has 0 spiro atoms. The Labute approximate surface area is 61.8 Å². The molecule has 2 aliphatic rings. The van der Waals surface area contributed by atoms with Crippen molar-refractivity contribution in [3.63, 3.8) is 0 Å². The molecule has 2 atom stereocenters. The fourth-order valence-corrected chi connectivity index (χ4v) is 2.27. The van der Waals surface area contributed by atoms with Crippen molar-refractivity contribution in [2.75, 3.05) is 26.2 Å². The van der Waals surface area contributed by atoms with Gasteiger partial charge in [0.05, 0.1) is 0 Å². The third-order valence-electron chi connectivity index (χ3n) is 3.11. The van der Waals surface area contributed by atoms with E-state index in [0.717, 1.165) is 11.8 Å². The van der Waals surface area contributed by atoms with Crippen LogP contribution in [0, 0.1) is 17.8 Å². The van der Waals surface area contributed by atoms with Crippen molar-refractivity contribution < 1.29 is 5.11 Å². The summed E-state index contributed by atoms with van der Waals surface area (Å²) in [5.41, 5.74) is 0. The molecule has 2 unspecified atom stereocenters. The lowest BCUT2D eigenvalue weighted by Gasteiger charge is -2.15. The fraction of sp³-hybridized carbons (Fsp3) is 1.00. The van der Waals surface area contributed by atoms with Gasteiger partial charge in [-0.3, -0.25) is 0 Å². The van der Waals surface area contributed by atoms with Gasteiger partial charge in [0.1, 0.15) is 0 Å². The Balaban J connectivity index is 1.84. The highest BCUT2D eigenvalue weighted by atomic mass is 16.3. The van der Waals surface area contributed by atoms with Crippen LogP contribution < -0.4 is 0 Å². The van der Waals surface area contributed by atoms with Gasteiger partial charge in [-0.25, -0.2) is 0 Å². The van der Waals surface area contributed by atoms with Gasteiger partial charge < -0.3 is 10.0 Å². The first-order valence-corrected chi connectivity index (χ1v) is 4.20. The molecule has 1 aliphatic carbocycles. The van der Waals surface area contributed by atoms with Gasteiger partial charge in [-0.15, -0.1) is 0 Å². The summed E-state index contributed by atoms with van der Waals surface area (Å²) in [6.45, 7) is 6.30. The molecule has 0 aromatic heterocycles. The zero-order valence-electron chi connectivity index (χ0n) is 6.45. The summed E-state index contributed by atoms with van der Waals surface area (Å²) in [5, 5.41) is 8.85. The second-order valence-corrected chi connectivity index (χ2v) is 3.53. The number of fused-ring (bicyclic) bond motifs is 1. The zero-order chi connectivity index (χ0) is 7.14. The Morgan fingerprint density at radius 1 is 1.40 bits per heavy atom. The molecule has 2 heteroatoms. The van der Waals surface area contributed by atoms with Crippen molar-refractivity contribution >= 4 is 0 Å². The molecule has 0 aromatic rings. The third kappa shape index (κ3) is 0.789. The largest absolute Gasteiger partial charge is 0.396 e. The number of likely N-dealkylation sites (tertiary alicyclic amines) is 1. The molecule has 2 nitrogen and oxygen atoms in total. The van der Waals surface area contributed by atoms with E-state index in [0.29, 0.717) is 12.5 Å². The average Bonchev–Trinajstić information content (AvgIpc) is 2.43. The van der Waals surface area contributed by atoms with Crippen LogP contribution in [0.1, 0.15) is 6.92 Å². The van der Waals surface area contributed by atoms with E-state index >= 15 is 0 Å². The summed E-state index contributed by atoms with van der Waals surface area (Å²) in [6.07, 6.45) is 0. The molecule has 1 saturated heterocycles. The Morgan fingerprint density at radius 2 is 2.00 bits per heavy atom. The van der Waals surface area contributed by atoms with E-state index in [1.54, 1.807) is 0 Å². The molecule has 1 heterocycles. The Morgan fingerprint density at radius 3 is 2.40 bits per heavy atom. The number of aliphatic hydroxyl groups excluding tert-OH is 1. The van der Waals surface area contributed by atoms with Gasteiger partial charge >= 0.3 is 0 Å². The number of nitrogens with zero attached hydrogens (tertiary/aromatic N) is 1. The molecule has 0 bridgehead atoms. The molecule has 1 saturated carbocycles. The Kier molecular flexibility index (Phi) is 1.46. The summed E-state index contributed by atoms with van der Waals surface area (Å²) < 4.78 is 0. The molecule has 0 amide bonds. The number of hydrogen-bond acceptors (Lipinski definition) is 2. The highest BCUT2D eigenvalue weighted by Gasteiger charge is 2.54. The first-order valence-electron chi connectivity index (χ1n) is 4.20. The summed E-state index contributed by atoms with van der Waals surface area (Å²) in [7, 11) is 0. The highest BCUT2D eigenvalue weighted by molar-refractivity contribution is 5.04. The van der Waals surface area contributed by atoms with Crippen molar-refractivity contribution in [2.24, 2.45) is 17.8 Å². The lowest BCUT2D eigenvalue weighted by Crippen LogP contribution is -2.24. The van der Waals surface area contributed by atoms with E-state index in [1.807, 2.05) is 0 Å². The molecule has 1 aliphatic heterocycles. The fourth-order valence-electron chi connectivity index (χ4n) is 2.27. The van der Waals surface area contributed by atoms with Crippen LogP contribution in [-0.4, -0.2) is 36.2 Å². The topological polar surface area (TPSA) is 23.5 Å². The predicted molar refractivity (Wildman–Crippen MR) is 39.7 cm³/mol. The molecule has 0 radical (unpaired) electrons. The van der Waals surface area contributed by atoms with Crippen molar-refractivity contribution in [3.05, 3.63) is 0 Å². The van der Waals surface area contributed by atoms with Gasteiger partial charge in [-0.2, -0.15) is 0 Å². The van der Waals surface area contributed by atoms with Gasteiger partial charge in [0, 0.05) is 19.7 Å². The van der Waals surface area contributed by atoms with Gasteiger partial charge in [-0.05, 0) is 24.3 Å². The zero-order valence-corrected chi connectivity index (χ0v) is 6.45. The van der Waals surface area contributed by atoms with E-state index in [-0.39, 0.29) is 0 Å². The van der Waals surface area contributed by atoms with E-state index in [9.17, 15) is 0 Å². The second-order valence-electron chi connectivity index (χ2n) is 3.53. The smallest absolute Gasteiger partial charge is 0.0465 e. The van der Waals surface area contributed by atoms with E-state index in [1.165, 1.54) is 19.6 Å². The van der Waals surface area contributed by atoms with Gasteiger partial charge in [0.2, 0.25) is 0 Å². The quantitative estimate of drug-likeness (QED) is 0.593. The number of piperidine rings is 1. The van der Waals surface area contributed by atoms with Crippen molar-refractivity contribution in [2.45, 2.75) is 6.92 Å². The molecule has 1 N–H and O–H groups in total. The lowest BCUT2D eigenvalue weighted by atomic mass is 10.3. The normalized spacial score (nSPS) is 45.6. The number of hydrogen-bond donors (Lipinski definition) is 1.